The van der Waals surface area contributed by atoms with E-state index in [4.69, 9.17) is 16.3 Å². The number of nitrogens with one attached hydrogen (secondary N) is 1. The van der Waals surface area contributed by atoms with Crippen LogP contribution in [0, 0.1) is 0 Å². The van der Waals surface area contributed by atoms with Crippen LogP contribution in [-0.4, -0.2) is 12.5 Å². The summed E-state index contributed by atoms with van der Waals surface area (Å²) in [5.41, 5.74) is 1.91. The van der Waals surface area contributed by atoms with Gasteiger partial charge in [-0.05, 0) is 36.2 Å². The van der Waals surface area contributed by atoms with E-state index >= 15 is 0 Å². The Labute approximate surface area is 143 Å². The fourth-order valence-corrected chi connectivity index (χ4v) is 2.62. The predicted octanol–water partition coefficient (Wildman–Crippen LogP) is 4.50. The van der Waals surface area contributed by atoms with Gasteiger partial charge >= 0.3 is 0 Å². The van der Waals surface area contributed by atoms with Gasteiger partial charge in [0.1, 0.15) is 6.61 Å². The lowest BCUT2D eigenvalue weighted by atomic mass is 10.1. The lowest BCUT2D eigenvalue weighted by molar-refractivity contribution is -0.126. The van der Waals surface area contributed by atoms with Crippen LogP contribution in [0.25, 0.3) is 0 Å². The summed E-state index contributed by atoms with van der Waals surface area (Å²) < 4.78 is 6.40. The number of rotatable bonds is 6. The highest BCUT2D eigenvalue weighted by Gasteiger charge is 2.10. The highest BCUT2D eigenvalue weighted by atomic mass is 79.9. The van der Waals surface area contributed by atoms with Gasteiger partial charge in [-0.15, -0.1) is 0 Å². The average molecular weight is 383 g/mol. The summed E-state index contributed by atoms with van der Waals surface area (Å²) >= 11 is 9.46. The van der Waals surface area contributed by atoms with Gasteiger partial charge in [0, 0.05) is 9.50 Å². The Morgan fingerprint density at radius 2 is 2.05 bits per heavy atom. The van der Waals surface area contributed by atoms with Crippen molar-refractivity contribution in [1.82, 2.24) is 5.32 Å². The van der Waals surface area contributed by atoms with Gasteiger partial charge in [0.05, 0.1) is 12.6 Å². The van der Waals surface area contributed by atoms with Crippen molar-refractivity contribution in [3.63, 3.8) is 0 Å². The number of hydrogen-bond acceptors (Lipinski definition) is 2. The molecule has 0 aromatic heterocycles. The smallest absolute Gasteiger partial charge is 0.246 e. The molecule has 0 aliphatic heterocycles. The van der Waals surface area contributed by atoms with E-state index in [1.807, 2.05) is 49.4 Å². The maximum Gasteiger partial charge on any atom is 0.246 e. The van der Waals surface area contributed by atoms with Gasteiger partial charge in [0.25, 0.3) is 0 Å². The van der Waals surface area contributed by atoms with E-state index in [0.29, 0.717) is 11.6 Å². The summed E-state index contributed by atoms with van der Waals surface area (Å²) in [5, 5.41) is 3.55. The standard InChI is InChI=1S/C17H17BrClNO2/c1-12(13-6-4-7-15(18)9-13)20-17(21)11-22-10-14-5-2-3-8-16(14)19/h2-9,12H,10-11H2,1H3,(H,20,21). The summed E-state index contributed by atoms with van der Waals surface area (Å²) in [6.45, 7) is 2.26. The van der Waals surface area contributed by atoms with Crippen molar-refractivity contribution in [1.29, 1.82) is 0 Å². The third-order valence-corrected chi connectivity index (χ3v) is 4.04. The van der Waals surface area contributed by atoms with Crippen molar-refractivity contribution in [3.8, 4) is 0 Å². The molecular weight excluding hydrogens is 366 g/mol. The summed E-state index contributed by atoms with van der Waals surface area (Å²) in [6.07, 6.45) is 0. The fraction of sp³-hybridized carbons (Fsp3) is 0.235. The molecule has 0 bridgehead atoms. The molecule has 1 N–H and O–H groups in total. The van der Waals surface area contributed by atoms with Crippen LogP contribution in [-0.2, 0) is 16.1 Å². The molecule has 1 atom stereocenters. The molecule has 2 rings (SSSR count). The number of carbonyl (C=O) groups excluding carboxylic acids is 1. The molecule has 0 aliphatic rings. The van der Waals surface area contributed by atoms with Crippen LogP contribution in [0.15, 0.2) is 53.0 Å². The third kappa shape index (κ3) is 5.13. The van der Waals surface area contributed by atoms with Crippen LogP contribution in [0.5, 0.6) is 0 Å². The Hall–Kier alpha value is -1.36. The molecule has 1 unspecified atom stereocenters. The average Bonchev–Trinajstić information content (AvgIpc) is 2.49. The van der Waals surface area contributed by atoms with Gasteiger partial charge < -0.3 is 10.1 Å². The first kappa shape index (κ1) is 17.0. The van der Waals surface area contributed by atoms with Crippen molar-refractivity contribution in [2.24, 2.45) is 0 Å². The minimum Gasteiger partial charge on any atom is -0.367 e. The second-order valence-corrected chi connectivity index (χ2v) is 6.25. The predicted molar refractivity (Wildman–Crippen MR) is 91.8 cm³/mol. The third-order valence-electron chi connectivity index (χ3n) is 3.17. The van der Waals surface area contributed by atoms with Crippen LogP contribution in [0.3, 0.4) is 0 Å². The zero-order chi connectivity index (χ0) is 15.9. The Bertz CT molecular complexity index is 648. The molecule has 2 aromatic carbocycles. The monoisotopic (exact) mass is 381 g/mol. The first-order chi connectivity index (χ1) is 10.6. The van der Waals surface area contributed by atoms with Gasteiger partial charge in [0.15, 0.2) is 0 Å². The van der Waals surface area contributed by atoms with E-state index in [1.54, 1.807) is 6.07 Å². The molecule has 0 spiro atoms. The van der Waals surface area contributed by atoms with Crippen LogP contribution >= 0.6 is 27.5 Å². The molecule has 3 nitrogen and oxygen atoms in total. The first-order valence-corrected chi connectivity index (χ1v) is 8.09. The van der Waals surface area contributed by atoms with E-state index in [9.17, 15) is 4.79 Å². The number of hydrogen-bond donors (Lipinski definition) is 1. The van der Waals surface area contributed by atoms with Crippen LogP contribution in [0.2, 0.25) is 5.02 Å². The number of amides is 1. The van der Waals surface area contributed by atoms with E-state index < -0.39 is 0 Å². The number of ether oxygens (including phenoxy) is 1. The molecule has 0 heterocycles. The Kier molecular flexibility index (Phi) is 6.43. The molecule has 116 valence electrons. The van der Waals surface area contributed by atoms with Crippen molar-refractivity contribution in [2.45, 2.75) is 19.6 Å². The fourth-order valence-electron chi connectivity index (χ4n) is 2.01. The molecular formula is C17H17BrClNO2. The maximum absolute atomic E-state index is 11.9. The molecule has 0 saturated carbocycles. The molecule has 0 aliphatic carbocycles. The summed E-state index contributed by atoms with van der Waals surface area (Å²) in [4.78, 5) is 11.9. The summed E-state index contributed by atoms with van der Waals surface area (Å²) in [5.74, 6) is -0.153. The molecule has 5 heteroatoms. The second-order valence-electron chi connectivity index (χ2n) is 4.93. The van der Waals surface area contributed by atoms with Gasteiger partial charge in [-0.2, -0.15) is 0 Å². The van der Waals surface area contributed by atoms with E-state index in [-0.39, 0.29) is 18.6 Å². The molecule has 2 aromatic rings. The highest BCUT2D eigenvalue weighted by Crippen LogP contribution is 2.18. The van der Waals surface area contributed by atoms with Crippen LogP contribution in [0.4, 0.5) is 0 Å². The first-order valence-electron chi connectivity index (χ1n) is 6.92. The number of benzene rings is 2. The van der Waals surface area contributed by atoms with E-state index in [2.05, 4.69) is 21.2 Å². The maximum atomic E-state index is 11.9. The zero-order valence-electron chi connectivity index (χ0n) is 12.2. The Morgan fingerprint density at radius 3 is 2.77 bits per heavy atom. The van der Waals surface area contributed by atoms with E-state index in [0.717, 1.165) is 15.6 Å². The lowest BCUT2D eigenvalue weighted by Crippen LogP contribution is -2.30. The van der Waals surface area contributed by atoms with Crippen LogP contribution < -0.4 is 5.32 Å². The number of carbonyl (C=O) groups is 1. The van der Waals surface area contributed by atoms with Gasteiger partial charge in [-0.3, -0.25) is 4.79 Å². The van der Waals surface area contributed by atoms with Crippen molar-refractivity contribution >= 4 is 33.4 Å². The molecule has 0 fully saturated rings. The minimum atomic E-state index is -0.153. The van der Waals surface area contributed by atoms with Gasteiger partial charge in [0.2, 0.25) is 5.91 Å². The zero-order valence-corrected chi connectivity index (χ0v) is 14.5. The quantitative estimate of drug-likeness (QED) is 0.799. The minimum absolute atomic E-state index is 0.00354. The largest absolute Gasteiger partial charge is 0.367 e. The lowest BCUT2D eigenvalue weighted by Gasteiger charge is -2.15. The van der Waals surface area contributed by atoms with Gasteiger partial charge in [-0.1, -0.05) is 57.9 Å². The SMILES string of the molecule is CC(NC(=O)COCc1ccccc1Cl)c1cccc(Br)c1. The molecule has 1 amide bonds. The molecule has 0 radical (unpaired) electrons. The van der Waals surface area contributed by atoms with Gasteiger partial charge in [-0.25, -0.2) is 0 Å². The summed E-state index contributed by atoms with van der Waals surface area (Å²) in [7, 11) is 0. The summed E-state index contributed by atoms with van der Waals surface area (Å²) in [6, 6.07) is 15.2. The second kappa shape index (κ2) is 8.32. The number of halogens is 2. The van der Waals surface area contributed by atoms with Crippen molar-refractivity contribution < 1.29 is 9.53 Å². The molecule has 22 heavy (non-hydrogen) atoms. The highest BCUT2D eigenvalue weighted by molar-refractivity contribution is 9.10. The Morgan fingerprint density at radius 1 is 1.27 bits per heavy atom. The molecule has 0 saturated heterocycles. The van der Waals surface area contributed by atoms with Crippen molar-refractivity contribution in [3.05, 3.63) is 69.2 Å². The Balaban J connectivity index is 1.79. The topological polar surface area (TPSA) is 38.3 Å². The normalized spacial score (nSPS) is 12.0. The van der Waals surface area contributed by atoms with E-state index in [1.165, 1.54) is 0 Å². The van der Waals surface area contributed by atoms with Crippen LogP contribution in [0.1, 0.15) is 24.1 Å². The van der Waals surface area contributed by atoms with Crippen molar-refractivity contribution in [2.75, 3.05) is 6.61 Å².